The van der Waals surface area contributed by atoms with E-state index in [1.165, 1.54) is 18.2 Å². The molecule has 1 amide bonds. The number of nitrogens with one attached hydrogen (secondary N) is 2. The maximum Gasteiger partial charge on any atom is 0.286 e. The van der Waals surface area contributed by atoms with Crippen molar-refractivity contribution in [2.75, 3.05) is 17.7 Å². The second-order valence-corrected chi connectivity index (χ2v) is 4.65. The molecule has 0 unspecified atom stereocenters. The molecule has 0 radical (unpaired) electrons. The fourth-order valence-electron chi connectivity index (χ4n) is 1.19. The van der Waals surface area contributed by atoms with Crippen LogP contribution >= 0.6 is 22.9 Å². The molecule has 5 nitrogen and oxygen atoms in total. The van der Waals surface area contributed by atoms with Gasteiger partial charge in [-0.2, -0.15) is 0 Å². The number of hydrogen-bond donors (Lipinski definition) is 2. The molecule has 0 atom stereocenters. The number of carbonyl (C=O) groups is 1. The molecule has 0 bridgehead atoms. The quantitative estimate of drug-likeness (QED) is 0.910. The van der Waals surface area contributed by atoms with Crippen molar-refractivity contribution in [1.29, 1.82) is 0 Å². The summed E-state index contributed by atoms with van der Waals surface area (Å²) >= 11 is 6.79. The van der Waals surface area contributed by atoms with E-state index in [1.807, 2.05) is 0 Å². The van der Waals surface area contributed by atoms with E-state index in [-0.39, 0.29) is 10.7 Å². The van der Waals surface area contributed by atoms with Gasteiger partial charge in [-0.3, -0.25) is 4.79 Å². The Balaban J connectivity index is 2.18. The van der Waals surface area contributed by atoms with Gasteiger partial charge in [0, 0.05) is 12.1 Å². The number of halogens is 2. The van der Waals surface area contributed by atoms with Crippen molar-refractivity contribution in [3.8, 4) is 0 Å². The van der Waals surface area contributed by atoms with Crippen LogP contribution in [0.3, 0.4) is 0 Å². The molecule has 2 rings (SSSR count). The molecule has 18 heavy (non-hydrogen) atoms. The van der Waals surface area contributed by atoms with Gasteiger partial charge in [-0.1, -0.05) is 22.9 Å². The van der Waals surface area contributed by atoms with Crippen molar-refractivity contribution in [2.24, 2.45) is 0 Å². The Bertz CT molecular complexity index is 589. The first kappa shape index (κ1) is 12.7. The number of amides is 1. The van der Waals surface area contributed by atoms with E-state index in [0.29, 0.717) is 10.2 Å². The minimum atomic E-state index is -0.564. The highest BCUT2D eigenvalue weighted by molar-refractivity contribution is 7.17. The highest BCUT2D eigenvalue weighted by Crippen LogP contribution is 2.21. The maximum atomic E-state index is 13.4. The Kier molecular flexibility index (Phi) is 3.73. The summed E-state index contributed by atoms with van der Waals surface area (Å²) in [4.78, 5) is 11.8. The minimum absolute atomic E-state index is 0.00806. The SMILES string of the molecule is CNc1nnc(C(=O)Nc2cc(Cl)ccc2F)s1. The Morgan fingerprint density at radius 1 is 1.44 bits per heavy atom. The molecule has 1 aromatic heterocycles. The third kappa shape index (κ3) is 2.74. The zero-order chi connectivity index (χ0) is 13.1. The Hall–Kier alpha value is -1.73. The summed E-state index contributed by atoms with van der Waals surface area (Å²) in [5.41, 5.74) is 0.00806. The summed E-state index contributed by atoms with van der Waals surface area (Å²) in [6, 6.07) is 3.91. The Morgan fingerprint density at radius 3 is 2.89 bits per heavy atom. The highest BCUT2D eigenvalue weighted by atomic mass is 35.5. The molecule has 0 spiro atoms. The maximum absolute atomic E-state index is 13.4. The predicted octanol–water partition coefficient (Wildman–Crippen LogP) is 2.62. The molecule has 0 saturated heterocycles. The first-order valence-electron chi connectivity index (χ1n) is 4.88. The number of aromatic nitrogens is 2. The topological polar surface area (TPSA) is 66.9 Å². The number of rotatable bonds is 3. The Morgan fingerprint density at radius 2 is 2.22 bits per heavy atom. The van der Waals surface area contributed by atoms with Crippen LogP contribution in [0.2, 0.25) is 5.02 Å². The lowest BCUT2D eigenvalue weighted by atomic mass is 10.3. The van der Waals surface area contributed by atoms with Gasteiger partial charge in [0.05, 0.1) is 5.69 Å². The van der Waals surface area contributed by atoms with Gasteiger partial charge in [-0.05, 0) is 18.2 Å². The second kappa shape index (κ2) is 5.28. The molecule has 94 valence electrons. The predicted molar refractivity (Wildman–Crippen MR) is 68.8 cm³/mol. The van der Waals surface area contributed by atoms with Crippen LogP contribution in [-0.4, -0.2) is 23.2 Å². The molecule has 0 fully saturated rings. The van der Waals surface area contributed by atoms with Gasteiger partial charge in [-0.25, -0.2) is 4.39 Å². The third-order valence-electron chi connectivity index (χ3n) is 2.01. The van der Waals surface area contributed by atoms with E-state index in [1.54, 1.807) is 7.05 Å². The van der Waals surface area contributed by atoms with Crippen LogP contribution in [0.5, 0.6) is 0 Å². The molecule has 2 N–H and O–H groups in total. The monoisotopic (exact) mass is 286 g/mol. The molecular formula is C10H8ClFN4OS. The average Bonchev–Trinajstić information content (AvgIpc) is 2.82. The molecular weight excluding hydrogens is 279 g/mol. The smallest absolute Gasteiger partial charge is 0.286 e. The molecule has 0 saturated carbocycles. The summed E-state index contributed by atoms with van der Waals surface area (Å²) in [6.07, 6.45) is 0. The fraction of sp³-hybridized carbons (Fsp3) is 0.100. The van der Waals surface area contributed by atoms with Gasteiger partial charge >= 0.3 is 0 Å². The van der Waals surface area contributed by atoms with Gasteiger partial charge < -0.3 is 10.6 Å². The molecule has 0 aliphatic carbocycles. The summed E-state index contributed by atoms with van der Waals surface area (Å²) in [5, 5.41) is 13.5. The van der Waals surface area contributed by atoms with Gasteiger partial charge in [0.1, 0.15) is 5.82 Å². The lowest BCUT2D eigenvalue weighted by Gasteiger charge is -2.04. The van der Waals surface area contributed by atoms with Crippen LogP contribution < -0.4 is 10.6 Å². The Labute approximate surface area is 111 Å². The number of anilines is 2. The van der Waals surface area contributed by atoms with Crippen molar-refractivity contribution in [1.82, 2.24) is 10.2 Å². The van der Waals surface area contributed by atoms with Crippen LogP contribution in [-0.2, 0) is 0 Å². The number of hydrogen-bond acceptors (Lipinski definition) is 5. The summed E-state index contributed by atoms with van der Waals surface area (Å²) in [5.74, 6) is -1.10. The van der Waals surface area contributed by atoms with E-state index >= 15 is 0 Å². The fourth-order valence-corrected chi connectivity index (χ4v) is 1.95. The zero-order valence-corrected chi connectivity index (χ0v) is 10.8. The number of carbonyl (C=O) groups excluding carboxylic acids is 1. The van der Waals surface area contributed by atoms with Crippen LogP contribution in [0.15, 0.2) is 18.2 Å². The normalized spacial score (nSPS) is 10.2. The second-order valence-electron chi connectivity index (χ2n) is 3.24. The van der Waals surface area contributed by atoms with Crippen LogP contribution in [0.4, 0.5) is 15.2 Å². The summed E-state index contributed by atoms with van der Waals surface area (Å²) in [7, 11) is 1.67. The van der Waals surface area contributed by atoms with Crippen LogP contribution in [0.1, 0.15) is 9.80 Å². The van der Waals surface area contributed by atoms with E-state index in [9.17, 15) is 9.18 Å². The summed E-state index contributed by atoms with van der Waals surface area (Å²) < 4.78 is 13.4. The average molecular weight is 287 g/mol. The van der Waals surface area contributed by atoms with Crippen LogP contribution in [0, 0.1) is 5.82 Å². The minimum Gasteiger partial charge on any atom is -0.363 e. The summed E-state index contributed by atoms with van der Waals surface area (Å²) in [6.45, 7) is 0. The van der Waals surface area contributed by atoms with E-state index < -0.39 is 11.7 Å². The molecule has 1 aromatic carbocycles. The van der Waals surface area contributed by atoms with E-state index in [4.69, 9.17) is 11.6 Å². The van der Waals surface area contributed by atoms with Crippen molar-refractivity contribution in [2.45, 2.75) is 0 Å². The lowest BCUT2D eigenvalue weighted by molar-refractivity contribution is 0.102. The first-order valence-corrected chi connectivity index (χ1v) is 6.07. The van der Waals surface area contributed by atoms with E-state index in [0.717, 1.165) is 11.3 Å². The number of nitrogens with zero attached hydrogens (tertiary/aromatic N) is 2. The van der Waals surface area contributed by atoms with Crippen LogP contribution in [0.25, 0.3) is 0 Å². The molecule has 2 aromatic rings. The first-order chi connectivity index (χ1) is 8.60. The standard InChI is InChI=1S/C10H8ClFN4OS/c1-13-10-16-15-9(18-10)8(17)14-7-4-5(11)2-3-6(7)12/h2-4H,1H3,(H,13,16)(H,14,17). The van der Waals surface area contributed by atoms with E-state index in [2.05, 4.69) is 20.8 Å². The van der Waals surface area contributed by atoms with Gasteiger partial charge in [0.15, 0.2) is 0 Å². The van der Waals surface area contributed by atoms with Gasteiger partial charge in [-0.15, -0.1) is 10.2 Å². The largest absolute Gasteiger partial charge is 0.363 e. The third-order valence-corrected chi connectivity index (χ3v) is 3.18. The van der Waals surface area contributed by atoms with Crippen molar-refractivity contribution < 1.29 is 9.18 Å². The number of benzene rings is 1. The zero-order valence-electron chi connectivity index (χ0n) is 9.20. The van der Waals surface area contributed by atoms with Crippen molar-refractivity contribution >= 4 is 39.7 Å². The molecule has 0 aliphatic rings. The van der Waals surface area contributed by atoms with Gasteiger partial charge in [0.2, 0.25) is 10.1 Å². The van der Waals surface area contributed by atoms with Crippen molar-refractivity contribution in [3.63, 3.8) is 0 Å². The van der Waals surface area contributed by atoms with Gasteiger partial charge in [0.25, 0.3) is 5.91 Å². The highest BCUT2D eigenvalue weighted by Gasteiger charge is 2.14. The lowest BCUT2D eigenvalue weighted by Crippen LogP contribution is -2.12. The van der Waals surface area contributed by atoms with Crippen molar-refractivity contribution in [3.05, 3.63) is 34.0 Å². The molecule has 8 heteroatoms. The molecule has 0 aliphatic heterocycles. The molecule has 1 heterocycles.